The first-order valence-corrected chi connectivity index (χ1v) is 12.3. The molecule has 0 aromatic heterocycles. The predicted molar refractivity (Wildman–Crippen MR) is 122 cm³/mol. The Kier molecular flexibility index (Phi) is 10.7. The van der Waals surface area contributed by atoms with E-state index in [1.807, 2.05) is 29.2 Å². The van der Waals surface area contributed by atoms with Crippen molar-refractivity contribution in [1.82, 2.24) is 4.90 Å². The molecule has 1 heterocycles. The van der Waals surface area contributed by atoms with Crippen molar-refractivity contribution in [1.29, 1.82) is 0 Å². The summed E-state index contributed by atoms with van der Waals surface area (Å²) in [6, 6.07) is 8.36. The van der Waals surface area contributed by atoms with Gasteiger partial charge in [-0.05, 0) is 29.7 Å². The lowest BCUT2D eigenvalue weighted by Gasteiger charge is -2.21. The van der Waals surface area contributed by atoms with Gasteiger partial charge in [0.15, 0.2) is 0 Å². The van der Waals surface area contributed by atoms with Gasteiger partial charge in [-0.15, -0.1) is 0 Å². The maximum absolute atomic E-state index is 12.1. The van der Waals surface area contributed by atoms with Crippen LogP contribution in [0.1, 0.15) is 37.3 Å². The van der Waals surface area contributed by atoms with Gasteiger partial charge in [-0.3, -0.25) is 9.59 Å². The van der Waals surface area contributed by atoms with Gasteiger partial charge in [0.05, 0.1) is 12.1 Å². The summed E-state index contributed by atoms with van der Waals surface area (Å²) in [5.74, 6) is 1.52. The molecule has 0 spiro atoms. The van der Waals surface area contributed by atoms with E-state index < -0.39 is 12.1 Å². The Bertz CT molecular complexity index is 695. The zero-order valence-corrected chi connectivity index (χ0v) is 18.6. The number of carbonyl (C=O) groups excluding carboxylic acids is 1. The highest BCUT2D eigenvalue weighted by atomic mass is 32.2. The van der Waals surface area contributed by atoms with E-state index in [9.17, 15) is 14.7 Å². The van der Waals surface area contributed by atoms with Crippen LogP contribution >= 0.6 is 23.5 Å². The molecule has 1 aliphatic rings. The van der Waals surface area contributed by atoms with Crippen LogP contribution in [0.3, 0.4) is 0 Å². The average Bonchev–Trinajstić information content (AvgIpc) is 3.03. The maximum Gasteiger partial charge on any atom is 0.303 e. The Morgan fingerprint density at radius 2 is 2.17 bits per heavy atom. The molecule has 1 aromatic carbocycles. The quantitative estimate of drug-likeness (QED) is 0.355. The molecule has 0 bridgehead atoms. The topological polar surface area (TPSA) is 77.8 Å². The Balaban J connectivity index is 1.79. The molecule has 1 aliphatic heterocycles. The fourth-order valence-corrected chi connectivity index (χ4v) is 5.11. The highest BCUT2D eigenvalue weighted by molar-refractivity contribution is 8.13. The van der Waals surface area contributed by atoms with E-state index >= 15 is 0 Å². The number of amides is 1. The van der Waals surface area contributed by atoms with E-state index in [1.54, 1.807) is 11.8 Å². The van der Waals surface area contributed by atoms with Crippen LogP contribution in [-0.4, -0.2) is 62.3 Å². The SMILES string of the molecule is CCCc1cccc(C[C@H](O)C=C[C@H]2CSC(=O)N2CCSCCCC(=O)O)c1. The molecule has 1 amide bonds. The van der Waals surface area contributed by atoms with Gasteiger partial charge in [0.2, 0.25) is 0 Å². The van der Waals surface area contributed by atoms with Gasteiger partial charge in [-0.25, -0.2) is 0 Å². The second-order valence-electron chi connectivity index (χ2n) is 7.17. The van der Waals surface area contributed by atoms with Crippen molar-refractivity contribution in [2.24, 2.45) is 0 Å². The third-order valence-corrected chi connectivity index (χ3v) is 6.74. The molecule has 2 N–H and O–H groups in total. The van der Waals surface area contributed by atoms with E-state index in [1.165, 1.54) is 17.3 Å². The molecular formula is C22H31NO4S2. The van der Waals surface area contributed by atoms with Crippen molar-refractivity contribution in [3.8, 4) is 0 Å². The van der Waals surface area contributed by atoms with Crippen LogP contribution in [0.5, 0.6) is 0 Å². The number of thioether (sulfide) groups is 2. The Labute approximate surface area is 181 Å². The number of hydrogen-bond donors (Lipinski definition) is 2. The number of aryl methyl sites for hydroxylation is 1. The smallest absolute Gasteiger partial charge is 0.303 e. The number of carbonyl (C=O) groups is 2. The van der Waals surface area contributed by atoms with Crippen molar-refractivity contribution in [3.05, 3.63) is 47.5 Å². The van der Waals surface area contributed by atoms with Crippen LogP contribution in [0.25, 0.3) is 0 Å². The number of aliphatic hydroxyl groups excluding tert-OH is 1. The first-order chi connectivity index (χ1) is 14.0. The summed E-state index contributed by atoms with van der Waals surface area (Å²) in [5.41, 5.74) is 2.42. The minimum absolute atomic E-state index is 0.00759. The molecule has 2 atom stereocenters. The fourth-order valence-electron chi connectivity index (χ4n) is 3.24. The van der Waals surface area contributed by atoms with Crippen LogP contribution in [0, 0.1) is 0 Å². The molecule has 160 valence electrons. The standard InChI is InChI=1S/C22H31NO4S2/c1-2-5-17-6-3-7-18(14-17)15-20(24)10-9-19-16-29-22(27)23(19)11-13-28-12-4-8-21(25)26/h3,6-7,9-10,14,19-20,24H,2,4-5,8,11-13,15-16H2,1H3,(H,25,26)/t19-,20+/m0/s1. The summed E-state index contributed by atoms with van der Waals surface area (Å²) in [4.78, 5) is 24.5. The summed E-state index contributed by atoms with van der Waals surface area (Å²) < 4.78 is 0. The van der Waals surface area contributed by atoms with Crippen molar-refractivity contribution in [2.45, 2.75) is 51.2 Å². The Hall–Kier alpha value is -1.44. The van der Waals surface area contributed by atoms with Crippen LogP contribution in [0.15, 0.2) is 36.4 Å². The molecule has 0 aliphatic carbocycles. The molecule has 0 radical (unpaired) electrons. The lowest BCUT2D eigenvalue weighted by molar-refractivity contribution is -0.137. The van der Waals surface area contributed by atoms with Crippen LogP contribution < -0.4 is 0 Å². The van der Waals surface area contributed by atoms with Crippen LogP contribution in [0.4, 0.5) is 4.79 Å². The first kappa shape index (κ1) is 23.8. The number of hydrogen-bond acceptors (Lipinski definition) is 5. The number of rotatable bonds is 13. The van der Waals surface area contributed by atoms with E-state index in [-0.39, 0.29) is 17.7 Å². The molecule has 29 heavy (non-hydrogen) atoms. The fraction of sp³-hybridized carbons (Fsp3) is 0.545. The molecule has 1 fully saturated rings. The summed E-state index contributed by atoms with van der Waals surface area (Å²) in [5, 5.41) is 19.1. The second kappa shape index (κ2) is 13.0. The zero-order valence-electron chi connectivity index (χ0n) is 17.0. The minimum atomic E-state index is -0.766. The van der Waals surface area contributed by atoms with Crippen LogP contribution in [0.2, 0.25) is 0 Å². The van der Waals surface area contributed by atoms with Gasteiger partial charge in [-0.2, -0.15) is 11.8 Å². The molecule has 1 saturated heterocycles. The zero-order chi connectivity index (χ0) is 21.1. The summed E-state index contributed by atoms with van der Waals surface area (Å²) in [7, 11) is 0. The van der Waals surface area contributed by atoms with E-state index in [4.69, 9.17) is 5.11 Å². The molecule has 0 saturated carbocycles. The monoisotopic (exact) mass is 437 g/mol. The Morgan fingerprint density at radius 1 is 1.38 bits per heavy atom. The number of aliphatic hydroxyl groups is 1. The normalized spacial score (nSPS) is 17.9. The summed E-state index contributed by atoms with van der Waals surface area (Å²) in [6.07, 6.45) is 6.75. The van der Waals surface area contributed by atoms with Gasteiger partial charge < -0.3 is 15.1 Å². The molecule has 5 nitrogen and oxygen atoms in total. The van der Waals surface area contributed by atoms with Crippen LogP contribution in [-0.2, 0) is 17.6 Å². The third kappa shape index (κ3) is 8.84. The van der Waals surface area contributed by atoms with Gasteiger partial charge in [-0.1, -0.05) is 61.5 Å². The summed E-state index contributed by atoms with van der Waals surface area (Å²) in [6.45, 7) is 2.80. The van der Waals surface area contributed by atoms with Gasteiger partial charge >= 0.3 is 5.97 Å². The maximum atomic E-state index is 12.1. The highest BCUT2D eigenvalue weighted by Crippen LogP contribution is 2.25. The molecular weight excluding hydrogens is 406 g/mol. The van der Waals surface area contributed by atoms with E-state index in [0.717, 1.165) is 29.9 Å². The number of aliphatic carboxylic acids is 1. The number of nitrogens with zero attached hydrogens (tertiary/aromatic N) is 1. The number of carboxylic acid groups (broad SMARTS) is 1. The predicted octanol–water partition coefficient (Wildman–Crippen LogP) is 4.23. The number of carboxylic acids is 1. The third-order valence-electron chi connectivity index (χ3n) is 4.70. The first-order valence-electron chi connectivity index (χ1n) is 10.2. The number of benzene rings is 1. The van der Waals surface area contributed by atoms with Crippen molar-refractivity contribution >= 4 is 34.7 Å². The molecule has 1 aromatic rings. The van der Waals surface area contributed by atoms with Gasteiger partial charge in [0.25, 0.3) is 5.24 Å². The average molecular weight is 438 g/mol. The largest absolute Gasteiger partial charge is 0.481 e. The highest BCUT2D eigenvalue weighted by Gasteiger charge is 2.29. The van der Waals surface area contributed by atoms with Crippen molar-refractivity contribution in [2.75, 3.05) is 23.8 Å². The Morgan fingerprint density at radius 3 is 2.93 bits per heavy atom. The lowest BCUT2D eigenvalue weighted by atomic mass is 10.0. The van der Waals surface area contributed by atoms with Crippen molar-refractivity contribution < 1.29 is 19.8 Å². The summed E-state index contributed by atoms with van der Waals surface area (Å²) >= 11 is 2.99. The minimum Gasteiger partial charge on any atom is -0.481 e. The van der Waals surface area contributed by atoms with E-state index in [0.29, 0.717) is 25.1 Å². The van der Waals surface area contributed by atoms with Crippen molar-refractivity contribution in [3.63, 3.8) is 0 Å². The lowest BCUT2D eigenvalue weighted by Crippen LogP contribution is -2.34. The van der Waals surface area contributed by atoms with E-state index in [2.05, 4.69) is 19.1 Å². The van der Waals surface area contributed by atoms with Gasteiger partial charge in [0, 0.05) is 30.9 Å². The second-order valence-corrected chi connectivity index (χ2v) is 9.37. The molecule has 7 heteroatoms. The molecule has 0 unspecified atom stereocenters. The molecule has 2 rings (SSSR count). The van der Waals surface area contributed by atoms with Gasteiger partial charge in [0.1, 0.15) is 0 Å².